The minimum absolute atomic E-state index is 0.0471. The van der Waals surface area contributed by atoms with E-state index in [4.69, 9.17) is 4.74 Å². The van der Waals surface area contributed by atoms with Crippen molar-refractivity contribution >= 4 is 21.8 Å². The number of amides is 1. The molecule has 0 bridgehead atoms. The number of halogens is 1. The van der Waals surface area contributed by atoms with Gasteiger partial charge < -0.3 is 10.1 Å². The molecule has 0 unspecified atom stereocenters. The molecule has 0 radical (unpaired) electrons. The van der Waals surface area contributed by atoms with Crippen LogP contribution in [-0.4, -0.2) is 19.1 Å². The summed E-state index contributed by atoms with van der Waals surface area (Å²) in [5.41, 5.74) is 2.26. The second kappa shape index (κ2) is 7.10. The predicted molar refractivity (Wildman–Crippen MR) is 83.8 cm³/mol. The van der Waals surface area contributed by atoms with Gasteiger partial charge >= 0.3 is 0 Å². The Balaban J connectivity index is 1.99. The number of hydrogen-bond donors (Lipinski definition) is 1. The number of ether oxygens (including phenoxy) is 1. The van der Waals surface area contributed by atoms with Crippen LogP contribution in [0.4, 0.5) is 0 Å². The molecule has 3 nitrogen and oxygen atoms in total. The van der Waals surface area contributed by atoms with E-state index in [9.17, 15) is 4.79 Å². The number of nitrogens with one attached hydrogen (secondary N) is 1. The molecule has 1 amide bonds. The van der Waals surface area contributed by atoms with E-state index in [2.05, 4.69) is 33.4 Å². The van der Waals surface area contributed by atoms with E-state index in [0.29, 0.717) is 12.3 Å². The highest BCUT2D eigenvalue weighted by Gasteiger charge is 2.02. The summed E-state index contributed by atoms with van der Waals surface area (Å²) in [7, 11) is 0. The third kappa shape index (κ3) is 4.10. The zero-order chi connectivity index (χ0) is 14.4. The van der Waals surface area contributed by atoms with Crippen LogP contribution < -0.4 is 10.1 Å². The highest BCUT2D eigenvalue weighted by Crippen LogP contribution is 2.23. The molecule has 104 valence electrons. The summed E-state index contributed by atoms with van der Waals surface area (Å²) < 4.78 is 6.47. The van der Waals surface area contributed by atoms with Crippen molar-refractivity contribution in [1.82, 2.24) is 5.32 Å². The number of carbonyl (C=O) groups excluding carboxylic acids is 1. The van der Waals surface area contributed by atoms with Gasteiger partial charge in [-0.2, -0.15) is 0 Å². The van der Waals surface area contributed by atoms with E-state index >= 15 is 0 Å². The lowest BCUT2D eigenvalue weighted by atomic mass is 10.1. The number of benzene rings is 2. The summed E-state index contributed by atoms with van der Waals surface area (Å²) in [4.78, 5) is 11.3. The van der Waals surface area contributed by atoms with Crippen molar-refractivity contribution in [3.05, 3.63) is 53.0 Å². The Labute approximate surface area is 127 Å². The van der Waals surface area contributed by atoms with E-state index in [1.807, 2.05) is 43.3 Å². The molecule has 0 fully saturated rings. The van der Waals surface area contributed by atoms with Gasteiger partial charge in [0.2, 0.25) is 0 Å². The highest BCUT2D eigenvalue weighted by atomic mass is 79.9. The first-order chi connectivity index (χ1) is 9.69. The van der Waals surface area contributed by atoms with Crippen LogP contribution >= 0.6 is 15.9 Å². The van der Waals surface area contributed by atoms with Crippen LogP contribution in [0, 0.1) is 0 Å². The van der Waals surface area contributed by atoms with Crippen LogP contribution in [0.1, 0.15) is 6.92 Å². The molecule has 0 aliphatic rings. The first kappa shape index (κ1) is 14.6. The molecule has 0 spiro atoms. The Morgan fingerprint density at radius 1 is 1.05 bits per heavy atom. The predicted octanol–water partition coefficient (Wildman–Crippen LogP) is 3.63. The Hall–Kier alpha value is -1.81. The van der Waals surface area contributed by atoms with Crippen LogP contribution in [0.3, 0.4) is 0 Å². The van der Waals surface area contributed by atoms with Gasteiger partial charge in [0.1, 0.15) is 5.75 Å². The molecule has 0 saturated heterocycles. The minimum Gasteiger partial charge on any atom is -0.484 e. The SMILES string of the molecule is CCNC(=O)COc1ccc(-c2ccc(Br)cc2)cc1. The van der Waals surface area contributed by atoms with Crippen molar-refractivity contribution < 1.29 is 9.53 Å². The molecule has 2 aromatic rings. The van der Waals surface area contributed by atoms with E-state index in [1.165, 1.54) is 0 Å². The van der Waals surface area contributed by atoms with Crippen LogP contribution in [0.5, 0.6) is 5.75 Å². The van der Waals surface area contributed by atoms with Crippen LogP contribution in [0.15, 0.2) is 53.0 Å². The quantitative estimate of drug-likeness (QED) is 0.907. The van der Waals surface area contributed by atoms with E-state index in [0.717, 1.165) is 15.6 Å². The molecule has 1 N–H and O–H groups in total. The normalized spacial score (nSPS) is 10.1. The van der Waals surface area contributed by atoms with Crippen LogP contribution in [0.2, 0.25) is 0 Å². The molecule has 0 aliphatic heterocycles. The fourth-order valence-electron chi connectivity index (χ4n) is 1.78. The molecule has 0 heterocycles. The van der Waals surface area contributed by atoms with E-state index in [-0.39, 0.29) is 12.5 Å². The average Bonchev–Trinajstić information content (AvgIpc) is 2.47. The van der Waals surface area contributed by atoms with Gasteiger partial charge in [0.25, 0.3) is 5.91 Å². The molecular weight excluding hydrogens is 318 g/mol. The lowest BCUT2D eigenvalue weighted by Crippen LogP contribution is -2.28. The number of carbonyl (C=O) groups is 1. The fourth-order valence-corrected chi connectivity index (χ4v) is 2.05. The van der Waals surface area contributed by atoms with Crippen molar-refractivity contribution in [3.8, 4) is 16.9 Å². The third-order valence-electron chi connectivity index (χ3n) is 2.78. The van der Waals surface area contributed by atoms with Crippen LogP contribution in [-0.2, 0) is 4.79 Å². The Bertz CT molecular complexity index is 564. The lowest BCUT2D eigenvalue weighted by molar-refractivity contribution is -0.122. The zero-order valence-corrected chi connectivity index (χ0v) is 12.8. The van der Waals surface area contributed by atoms with E-state index < -0.39 is 0 Å². The molecule has 4 heteroatoms. The van der Waals surface area contributed by atoms with Gasteiger partial charge in [-0.1, -0.05) is 40.2 Å². The van der Waals surface area contributed by atoms with Crippen molar-refractivity contribution in [2.24, 2.45) is 0 Å². The van der Waals surface area contributed by atoms with Crippen molar-refractivity contribution in [3.63, 3.8) is 0 Å². The fraction of sp³-hybridized carbons (Fsp3) is 0.188. The molecule has 2 rings (SSSR count). The standard InChI is InChI=1S/C16H16BrNO2/c1-2-18-16(19)11-20-15-9-5-13(6-10-15)12-3-7-14(17)8-4-12/h3-10H,2,11H2,1H3,(H,18,19). The van der Waals surface area contributed by atoms with Gasteiger partial charge in [-0.3, -0.25) is 4.79 Å². The van der Waals surface area contributed by atoms with Crippen molar-refractivity contribution in [1.29, 1.82) is 0 Å². The average molecular weight is 334 g/mol. The summed E-state index contributed by atoms with van der Waals surface area (Å²) in [5.74, 6) is 0.585. The highest BCUT2D eigenvalue weighted by molar-refractivity contribution is 9.10. The monoisotopic (exact) mass is 333 g/mol. The molecule has 0 aromatic heterocycles. The maximum absolute atomic E-state index is 11.3. The first-order valence-corrected chi connectivity index (χ1v) is 7.24. The zero-order valence-electron chi connectivity index (χ0n) is 11.2. The lowest BCUT2D eigenvalue weighted by Gasteiger charge is -2.07. The van der Waals surface area contributed by atoms with Gasteiger partial charge in [-0.25, -0.2) is 0 Å². The number of likely N-dealkylation sites (N-methyl/N-ethyl adjacent to an activating group) is 1. The molecule has 0 atom stereocenters. The van der Waals surface area contributed by atoms with Crippen molar-refractivity contribution in [2.45, 2.75) is 6.92 Å². The third-order valence-corrected chi connectivity index (χ3v) is 3.30. The maximum Gasteiger partial charge on any atom is 0.257 e. The van der Waals surface area contributed by atoms with Gasteiger partial charge in [-0.15, -0.1) is 0 Å². The second-order valence-corrected chi connectivity index (χ2v) is 5.19. The van der Waals surface area contributed by atoms with Gasteiger partial charge in [-0.05, 0) is 42.3 Å². The first-order valence-electron chi connectivity index (χ1n) is 6.44. The summed E-state index contributed by atoms with van der Waals surface area (Å²) >= 11 is 3.42. The molecule has 20 heavy (non-hydrogen) atoms. The van der Waals surface area contributed by atoms with E-state index in [1.54, 1.807) is 0 Å². The molecule has 0 aliphatic carbocycles. The Morgan fingerprint density at radius 3 is 2.15 bits per heavy atom. The van der Waals surface area contributed by atoms with Crippen LogP contribution in [0.25, 0.3) is 11.1 Å². The minimum atomic E-state index is -0.107. The summed E-state index contributed by atoms with van der Waals surface area (Å²) in [5, 5.41) is 2.69. The Kier molecular flexibility index (Phi) is 5.18. The van der Waals surface area contributed by atoms with Gasteiger partial charge in [0.15, 0.2) is 6.61 Å². The molecule has 0 saturated carbocycles. The molecule has 2 aromatic carbocycles. The summed E-state index contributed by atoms with van der Waals surface area (Å²) in [6.45, 7) is 2.54. The summed E-state index contributed by atoms with van der Waals surface area (Å²) in [6.07, 6.45) is 0. The van der Waals surface area contributed by atoms with Crippen molar-refractivity contribution in [2.75, 3.05) is 13.2 Å². The second-order valence-electron chi connectivity index (χ2n) is 4.27. The topological polar surface area (TPSA) is 38.3 Å². The van der Waals surface area contributed by atoms with Gasteiger partial charge in [0, 0.05) is 11.0 Å². The smallest absolute Gasteiger partial charge is 0.257 e. The Morgan fingerprint density at radius 2 is 1.60 bits per heavy atom. The number of hydrogen-bond acceptors (Lipinski definition) is 2. The number of rotatable bonds is 5. The van der Waals surface area contributed by atoms with Gasteiger partial charge in [0.05, 0.1) is 0 Å². The molecular formula is C16H16BrNO2. The maximum atomic E-state index is 11.3. The summed E-state index contributed by atoms with van der Waals surface area (Å²) in [6, 6.07) is 15.8. The largest absolute Gasteiger partial charge is 0.484 e.